The molecule has 104 valence electrons. The second kappa shape index (κ2) is 3.08. The van der Waals surface area contributed by atoms with Gasteiger partial charge in [0.2, 0.25) is 0 Å². The van der Waals surface area contributed by atoms with Gasteiger partial charge >= 0.3 is 0 Å². The lowest BCUT2D eigenvalue weighted by Gasteiger charge is -2.54. The molecule has 2 aliphatic heterocycles. The fourth-order valence-electron chi connectivity index (χ4n) is 8.49. The Labute approximate surface area is 116 Å². The number of ether oxygens (including phenoxy) is 1. The Morgan fingerprint density at radius 3 is 2.68 bits per heavy atom. The standard InChI is InChI=1S/C18H26O/c1-4-13-7-6-12-9-11-3-2-8-17-10-14(5-1)18(13,19-17)16(12)15(11)17/h11-16H,1-10H2. The lowest BCUT2D eigenvalue weighted by Crippen LogP contribution is -2.56. The van der Waals surface area contributed by atoms with Crippen molar-refractivity contribution in [3.05, 3.63) is 0 Å². The molecule has 8 atom stereocenters. The van der Waals surface area contributed by atoms with Crippen LogP contribution in [0, 0.1) is 35.5 Å². The molecule has 1 heteroatoms. The summed E-state index contributed by atoms with van der Waals surface area (Å²) >= 11 is 0. The summed E-state index contributed by atoms with van der Waals surface area (Å²) < 4.78 is 7.12. The summed E-state index contributed by atoms with van der Waals surface area (Å²) in [6.07, 6.45) is 15.0. The minimum absolute atomic E-state index is 0.389. The molecule has 0 aromatic rings. The van der Waals surface area contributed by atoms with Crippen LogP contribution in [0.15, 0.2) is 0 Å². The van der Waals surface area contributed by atoms with E-state index in [1.807, 2.05) is 0 Å². The van der Waals surface area contributed by atoms with Crippen LogP contribution in [0.4, 0.5) is 0 Å². The van der Waals surface area contributed by atoms with Gasteiger partial charge in [0.05, 0.1) is 11.2 Å². The lowest BCUT2D eigenvalue weighted by atomic mass is 9.49. The first-order valence-corrected chi connectivity index (χ1v) is 9.04. The average molecular weight is 258 g/mol. The molecule has 0 aromatic heterocycles. The molecule has 6 aliphatic rings. The summed E-state index contributed by atoms with van der Waals surface area (Å²) in [7, 11) is 0. The molecule has 0 aromatic carbocycles. The first-order chi connectivity index (χ1) is 9.33. The summed E-state index contributed by atoms with van der Waals surface area (Å²) in [6, 6.07) is 0. The highest BCUT2D eigenvalue weighted by molar-refractivity contribution is 5.26. The van der Waals surface area contributed by atoms with E-state index in [9.17, 15) is 0 Å². The predicted octanol–water partition coefficient (Wildman–Crippen LogP) is 4.16. The molecule has 19 heavy (non-hydrogen) atoms. The van der Waals surface area contributed by atoms with Crippen molar-refractivity contribution < 1.29 is 4.74 Å². The van der Waals surface area contributed by atoms with Gasteiger partial charge in [0, 0.05) is 0 Å². The molecule has 1 nitrogen and oxygen atoms in total. The molecule has 2 bridgehead atoms. The zero-order chi connectivity index (χ0) is 12.2. The summed E-state index contributed by atoms with van der Waals surface area (Å²) in [5, 5.41) is 0. The van der Waals surface area contributed by atoms with Crippen LogP contribution in [0.2, 0.25) is 0 Å². The van der Waals surface area contributed by atoms with Crippen LogP contribution >= 0.6 is 0 Å². The van der Waals surface area contributed by atoms with Crippen molar-refractivity contribution in [3.63, 3.8) is 0 Å². The lowest BCUT2D eigenvalue weighted by molar-refractivity contribution is -0.154. The molecule has 0 radical (unpaired) electrons. The third-order valence-corrected chi connectivity index (χ3v) is 8.55. The van der Waals surface area contributed by atoms with Crippen LogP contribution in [-0.4, -0.2) is 11.2 Å². The van der Waals surface area contributed by atoms with E-state index in [-0.39, 0.29) is 0 Å². The Balaban J connectivity index is 1.58. The topological polar surface area (TPSA) is 9.23 Å². The van der Waals surface area contributed by atoms with Crippen LogP contribution in [0.25, 0.3) is 0 Å². The number of hydrogen-bond acceptors (Lipinski definition) is 1. The predicted molar refractivity (Wildman–Crippen MR) is 73.7 cm³/mol. The molecular formula is C18H26O. The highest BCUT2D eigenvalue weighted by atomic mass is 16.5. The molecule has 8 unspecified atom stereocenters. The molecule has 2 spiro atoms. The highest BCUT2D eigenvalue weighted by Gasteiger charge is 2.78. The van der Waals surface area contributed by atoms with E-state index in [0.29, 0.717) is 11.2 Å². The van der Waals surface area contributed by atoms with Crippen LogP contribution in [0.3, 0.4) is 0 Å². The van der Waals surface area contributed by atoms with Crippen molar-refractivity contribution in [3.8, 4) is 0 Å². The maximum Gasteiger partial charge on any atom is 0.0781 e. The summed E-state index contributed by atoms with van der Waals surface area (Å²) in [4.78, 5) is 0. The van der Waals surface area contributed by atoms with Gasteiger partial charge in [-0.25, -0.2) is 0 Å². The van der Waals surface area contributed by atoms with Gasteiger partial charge in [-0.1, -0.05) is 12.8 Å². The van der Waals surface area contributed by atoms with Gasteiger partial charge < -0.3 is 4.74 Å². The molecule has 0 amide bonds. The van der Waals surface area contributed by atoms with E-state index in [4.69, 9.17) is 4.74 Å². The van der Waals surface area contributed by atoms with Gasteiger partial charge in [-0.2, -0.15) is 0 Å². The maximum absolute atomic E-state index is 7.12. The van der Waals surface area contributed by atoms with Gasteiger partial charge in [-0.05, 0) is 86.9 Å². The Bertz CT molecular complexity index is 445. The molecule has 4 saturated carbocycles. The zero-order valence-electron chi connectivity index (χ0n) is 11.9. The fraction of sp³-hybridized carbons (Fsp3) is 1.00. The van der Waals surface area contributed by atoms with Crippen LogP contribution < -0.4 is 0 Å². The van der Waals surface area contributed by atoms with Gasteiger partial charge in [-0.15, -0.1) is 0 Å². The quantitative estimate of drug-likeness (QED) is 0.634. The second-order valence-electron chi connectivity index (χ2n) is 8.83. The molecule has 4 aliphatic carbocycles. The third-order valence-electron chi connectivity index (χ3n) is 8.55. The van der Waals surface area contributed by atoms with Crippen LogP contribution in [-0.2, 0) is 4.74 Å². The molecule has 0 N–H and O–H groups in total. The van der Waals surface area contributed by atoms with Crippen LogP contribution in [0.5, 0.6) is 0 Å². The van der Waals surface area contributed by atoms with E-state index < -0.39 is 0 Å². The second-order valence-corrected chi connectivity index (χ2v) is 8.83. The largest absolute Gasteiger partial charge is 0.367 e. The van der Waals surface area contributed by atoms with E-state index >= 15 is 0 Å². The Kier molecular flexibility index (Phi) is 1.73. The molecule has 2 heterocycles. The third kappa shape index (κ3) is 0.962. The van der Waals surface area contributed by atoms with Gasteiger partial charge in [0.15, 0.2) is 0 Å². The van der Waals surface area contributed by atoms with E-state index in [0.717, 1.165) is 35.5 Å². The van der Waals surface area contributed by atoms with Gasteiger partial charge in [0.1, 0.15) is 0 Å². The van der Waals surface area contributed by atoms with Crippen molar-refractivity contribution in [1.82, 2.24) is 0 Å². The first kappa shape index (κ1) is 10.7. The highest BCUT2D eigenvalue weighted by Crippen LogP contribution is 2.77. The summed E-state index contributed by atoms with van der Waals surface area (Å²) in [5.74, 6) is 6.05. The van der Waals surface area contributed by atoms with Crippen molar-refractivity contribution in [2.45, 2.75) is 75.4 Å². The SMILES string of the molecule is C1CC2CCC3CC4CCCC56CC(C1)C2(O5)C3C46. The maximum atomic E-state index is 7.12. The van der Waals surface area contributed by atoms with Crippen molar-refractivity contribution in [1.29, 1.82) is 0 Å². The fourth-order valence-corrected chi connectivity index (χ4v) is 8.49. The monoisotopic (exact) mass is 258 g/mol. The van der Waals surface area contributed by atoms with Crippen LogP contribution in [0.1, 0.15) is 64.2 Å². The minimum atomic E-state index is 0.389. The smallest absolute Gasteiger partial charge is 0.0781 e. The Morgan fingerprint density at radius 2 is 1.68 bits per heavy atom. The molecule has 6 rings (SSSR count). The van der Waals surface area contributed by atoms with E-state index in [2.05, 4.69) is 0 Å². The van der Waals surface area contributed by atoms with Gasteiger partial charge in [-0.3, -0.25) is 0 Å². The Hall–Kier alpha value is -0.0400. The number of hydrogen-bond donors (Lipinski definition) is 0. The molecule has 6 fully saturated rings. The zero-order valence-corrected chi connectivity index (χ0v) is 11.9. The van der Waals surface area contributed by atoms with Gasteiger partial charge in [0.25, 0.3) is 0 Å². The average Bonchev–Trinajstić information content (AvgIpc) is 3.03. The van der Waals surface area contributed by atoms with Crippen molar-refractivity contribution >= 4 is 0 Å². The Morgan fingerprint density at radius 1 is 0.789 bits per heavy atom. The summed E-state index contributed by atoms with van der Waals surface area (Å²) in [6.45, 7) is 0. The van der Waals surface area contributed by atoms with E-state index in [1.165, 1.54) is 51.4 Å². The number of rotatable bonds is 0. The van der Waals surface area contributed by atoms with Crippen molar-refractivity contribution in [2.75, 3.05) is 0 Å². The van der Waals surface area contributed by atoms with Crippen molar-refractivity contribution in [2.24, 2.45) is 35.5 Å². The molecule has 2 saturated heterocycles. The normalized spacial score (nSPS) is 68.2. The first-order valence-electron chi connectivity index (χ1n) is 9.04. The molecular weight excluding hydrogens is 232 g/mol. The van der Waals surface area contributed by atoms with E-state index in [1.54, 1.807) is 12.8 Å². The summed E-state index contributed by atoms with van der Waals surface area (Å²) in [5.41, 5.74) is 0.796. The minimum Gasteiger partial charge on any atom is -0.367 e.